The van der Waals surface area contributed by atoms with Gasteiger partial charge in [-0.15, -0.1) is 0 Å². The molecule has 0 saturated heterocycles. The van der Waals surface area contributed by atoms with Crippen molar-refractivity contribution in [3.8, 4) is 5.69 Å². The minimum atomic E-state index is -0.769. The minimum absolute atomic E-state index is 0.179. The van der Waals surface area contributed by atoms with Crippen molar-refractivity contribution < 1.29 is 9.90 Å². The van der Waals surface area contributed by atoms with Gasteiger partial charge in [-0.2, -0.15) is 5.10 Å². The molecular weight excluding hydrogens is 252 g/mol. The SMILES string of the molecule is O=C(O)CCCc1ccc(-n2cccn2)c(Cl)c1. The summed E-state index contributed by atoms with van der Waals surface area (Å²) in [5, 5.41) is 13.3. The Morgan fingerprint density at radius 2 is 2.28 bits per heavy atom. The van der Waals surface area contributed by atoms with E-state index >= 15 is 0 Å². The van der Waals surface area contributed by atoms with Crippen LogP contribution in [0.15, 0.2) is 36.7 Å². The van der Waals surface area contributed by atoms with Gasteiger partial charge in [0.2, 0.25) is 0 Å². The van der Waals surface area contributed by atoms with E-state index in [1.54, 1.807) is 10.9 Å². The van der Waals surface area contributed by atoms with Crippen LogP contribution >= 0.6 is 11.6 Å². The molecule has 5 heteroatoms. The Kier molecular flexibility index (Phi) is 3.99. The first-order chi connectivity index (χ1) is 8.66. The Hall–Kier alpha value is -1.81. The fourth-order valence-corrected chi connectivity index (χ4v) is 2.04. The van der Waals surface area contributed by atoms with Gasteiger partial charge in [0.05, 0.1) is 10.7 Å². The second-order valence-corrected chi connectivity index (χ2v) is 4.39. The molecule has 0 aliphatic heterocycles. The number of rotatable bonds is 5. The summed E-state index contributed by atoms with van der Waals surface area (Å²) in [4.78, 5) is 10.4. The van der Waals surface area contributed by atoms with E-state index < -0.39 is 5.97 Å². The van der Waals surface area contributed by atoms with Gasteiger partial charge in [0.1, 0.15) is 0 Å². The lowest BCUT2D eigenvalue weighted by Gasteiger charge is -2.06. The molecule has 1 aromatic carbocycles. The summed E-state index contributed by atoms with van der Waals surface area (Å²) in [7, 11) is 0. The van der Waals surface area contributed by atoms with E-state index in [0.29, 0.717) is 17.9 Å². The Bertz CT molecular complexity index is 538. The van der Waals surface area contributed by atoms with Crippen LogP contribution in [0.25, 0.3) is 5.69 Å². The number of benzene rings is 1. The highest BCUT2D eigenvalue weighted by Gasteiger charge is 2.05. The molecular formula is C13H13ClN2O2. The first kappa shape index (κ1) is 12.6. The summed E-state index contributed by atoms with van der Waals surface area (Å²) in [5.41, 5.74) is 1.86. The molecule has 2 rings (SSSR count). The lowest BCUT2D eigenvalue weighted by molar-refractivity contribution is -0.137. The molecule has 0 spiro atoms. The molecule has 2 aromatic rings. The molecule has 4 nitrogen and oxygen atoms in total. The van der Waals surface area contributed by atoms with Crippen LogP contribution < -0.4 is 0 Å². The zero-order chi connectivity index (χ0) is 13.0. The number of carbonyl (C=O) groups is 1. The van der Waals surface area contributed by atoms with Gasteiger partial charge in [0.25, 0.3) is 0 Å². The normalized spacial score (nSPS) is 10.5. The van der Waals surface area contributed by atoms with Crippen LogP contribution in [0.2, 0.25) is 5.02 Å². The van der Waals surface area contributed by atoms with Gasteiger partial charge in [-0.3, -0.25) is 4.79 Å². The van der Waals surface area contributed by atoms with Crippen LogP contribution in [0.1, 0.15) is 18.4 Å². The summed E-state index contributed by atoms with van der Waals surface area (Å²) in [6.45, 7) is 0. The summed E-state index contributed by atoms with van der Waals surface area (Å²) in [6, 6.07) is 7.54. The number of carboxylic acids is 1. The molecule has 0 radical (unpaired) electrons. The third-order valence-electron chi connectivity index (χ3n) is 2.62. The monoisotopic (exact) mass is 264 g/mol. The third kappa shape index (κ3) is 3.11. The molecule has 0 amide bonds. The van der Waals surface area contributed by atoms with Crippen molar-refractivity contribution in [3.05, 3.63) is 47.2 Å². The lowest BCUT2D eigenvalue weighted by Crippen LogP contribution is -1.98. The quantitative estimate of drug-likeness (QED) is 0.903. The van der Waals surface area contributed by atoms with Gasteiger partial charge < -0.3 is 5.11 Å². The molecule has 0 aliphatic carbocycles. The van der Waals surface area contributed by atoms with Crippen LogP contribution in [0.5, 0.6) is 0 Å². The Morgan fingerprint density at radius 1 is 1.44 bits per heavy atom. The smallest absolute Gasteiger partial charge is 0.303 e. The predicted molar refractivity (Wildman–Crippen MR) is 69.1 cm³/mol. The van der Waals surface area contributed by atoms with Crippen molar-refractivity contribution in [2.45, 2.75) is 19.3 Å². The van der Waals surface area contributed by atoms with Crippen molar-refractivity contribution in [1.29, 1.82) is 0 Å². The fourth-order valence-electron chi connectivity index (χ4n) is 1.75. The molecule has 0 aliphatic rings. The Morgan fingerprint density at radius 3 is 2.89 bits per heavy atom. The Labute approximate surface area is 110 Å². The number of halogens is 1. The number of aliphatic carboxylic acids is 1. The van der Waals surface area contributed by atoms with Crippen molar-refractivity contribution in [3.63, 3.8) is 0 Å². The van der Waals surface area contributed by atoms with Crippen molar-refractivity contribution in [1.82, 2.24) is 9.78 Å². The third-order valence-corrected chi connectivity index (χ3v) is 2.92. The highest BCUT2D eigenvalue weighted by molar-refractivity contribution is 6.32. The second-order valence-electron chi connectivity index (χ2n) is 3.98. The highest BCUT2D eigenvalue weighted by Crippen LogP contribution is 2.22. The van der Waals surface area contributed by atoms with Gasteiger partial charge >= 0.3 is 5.97 Å². The zero-order valence-corrected chi connectivity index (χ0v) is 10.5. The number of carboxylic acid groups (broad SMARTS) is 1. The van der Waals surface area contributed by atoms with Gasteiger partial charge in [0.15, 0.2) is 0 Å². The van der Waals surface area contributed by atoms with E-state index in [1.165, 1.54) is 0 Å². The summed E-state index contributed by atoms with van der Waals surface area (Å²) in [5.74, 6) is -0.769. The first-order valence-corrected chi connectivity index (χ1v) is 6.05. The first-order valence-electron chi connectivity index (χ1n) is 5.67. The molecule has 1 aromatic heterocycles. The number of aryl methyl sites for hydroxylation is 1. The zero-order valence-electron chi connectivity index (χ0n) is 9.71. The molecule has 94 valence electrons. The van der Waals surface area contributed by atoms with Crippen LogP contribution in [0.4, 0.5) is 0 Å². The van der Waals surface area contributed by atoms with Crippen LogP contribution in [-0.4, -0.2) is 20.9 Å². The summed E-state index contributed by atoms with van der Waals surface area (Å²) >= 11 is 6.19. The molecule has 0 saturated carbocycles. The molecule has 18 heavy (non-hydrogen) atoms. The van der Waals surface area contributed by atoms with Gasteiger partial charge in [0, 0.05) is 18.8 Å². The predicted octanol–water partition coefficient (Wildman–Crippen LogP) is 2.93. The molecule has 0 atom stereocenters. The second kappa shape index (κ2) is 5.69. The van der Waals surface area contributed by atoms with E-state index in [9.17, 15) is 4.79 Å². The van der Waals surface area contributed by atoms with Crippen LogP contribution in [-0.2, 0) is 11.2 Å². The van der Waals surface area contributed by atoms with E-state index in [4.69, 9.17) is 16.7 Å². The average molecular weight is 265 g/mol. The number of aromatic nitrogens is 2. The van der Waals surface area contributed by atoms with E-state index in [2.05, 4.69) is 5.10 Å². The van der Waals surface area contributed by atoms with Crippen molar-refractivity contribution in [2.75, 3.05) is 0 Å². The lowest BCUT2D eigenvalue weighted by atomic mass is 10.1. The van der Waals surface area contributed by atoms with Crippen molar-refractivity contribution >= 4 is 17.6 Å². The van der Waals surface area contributed by atoms with Gasteiger partial charge in [-0.25, -0.2) is 4.68 Å². The Balaban J connectivity index is 2.08. The summed E-state index contributed by atoms with van der Waals surface area (Å²) in [6.07, 6.45) is 5.03. The van der Waals surface area contributed by atoms with Gasteiger partial charge in [-0.05, 0) is 36.6 Å². The standard InChI is InChI=1S/C13H13ClN2O2/c14-11-9-10(3-1-4-13(17)18)5-6-12(11)16-8-2-7-15-16/h2,5-9H,1,3-4H2,(H,17,18). The number of hydrogen-bond donors (Lipinski definition) is 1. The minimum Gasteiger partial charge on any atom is -0.481 e. The molecule has 0 unspecified atom stereocenters. The molecule has 1 heterocycles. The maximum Gasteiger partial charge on any atom is 0.303 e. The number of nitrogens with zero attached hydrogens (tertiary/aromatic N) is 2. The number of hydrogen-bond acceptors (Lipinski definition) is 2. The molecule has 0 bridgehead atoms. The maximum atomic E-state index is 10.4. The van der Waals surface area contributed by atoms with Crippen molar-refractivity contribution in [2.24, 2.45) is 0 Å². The molecule has 0 fully saturated rings. The topological polar surface area (TPSA) is 55.1 Å². The largest absolute Gasteiger partial charge is 0.481 e. The van der Waals surface area contributed by atoms with E-state index in [0.717, 1.165) is 11.3 Å². The average Bonchev–Trinajstić information content (AvgIpc) is 2.82. The fraction of sp³-hybridized carbons (Fsp3) is 0.231. The maximum absolute atomic E-state index is 10.4. The summed E-state index contributed by atoms with van der Waals surface area (Å²) < 4.78 is 1.70. The van der Waals surface area contributed by atoms with E-state index in [1.807, 2.05) is 30.5 Å². The van der Waals surface area contributed by atoms with Crippen LogP contribution in [0, 0.1) is 0 Å². The van der Waals surface area contributed by atoms with Crippen LogP contribution in [0.3, 0.4) is 0 Å². The van der Waals surface area contributed by atoms with Gasteiger partial charge in [-0.1, -0.05) is 17.7 Å². The highest BCUT2D eigenvalue weighted by atomic mass is 35.5. The molecule has 1 N–H and O–H groups in total. The van der Waals surface area contributed by atoms with E-state index in [-0.39, 0.29) is 6.42 Å².